The molecule has 0 spiro atoms. The molecule has 1 unspecified atom stereocenters. The van der Waals surface area contributed by atoms with Gasteiger partial charge in [0.2, 0.25) is 5.91 Å². The van der Waals surface area contributed by atoms with Crippen LogP contribution in [0.3, 0.4) is 0 Å². The number of hydrogen-bond donors (Lipinski definition) is 1. The molecule has 0 aromatic heterocycles. The average Bonchev–Trinajstić information content (AvgIpc) is 2.35. The van der Waals surface area contributed by atoms with Gasteiger partial charge in [-0.1, -0.05) is 12.1 Å². The quantitative estimate of drug-likeness (QED) is 0.832. The molecule has 1 aromatic carbocycles. The highest BCUT2D eigenvalue weighted by Gasteiger charge is 2.10. The van der Waals surface area contributed by atoms with Crippen LogP contribution in [0.4, 0.5) is 0 Å². The van der Waals surface area contributed by atoms with E-state index in [4.69, 9.17) is 10.00 Å². The van der Waals surface area contributed by atoms with Gasteiger partial charge in [-0.25, -0.2) is 0 Å². The lowest BCUT2D eigenvalue weighted by Gasteiger charge is -2.06. The lowest BCUT2D eigenvalue weighted by atomic mass is 10.2. The van der Waals surface area contributed by atoms with E-state index >= 15 is 0 Å². The van der Waals surface area contributed by atoms with Crippen molar-refractivity contribution < 1.29 is 9.53 Å². The molecule has 0 saturated carbocycles. The third kappa shape index (κ3) is 3.28. The summed E-state index contributed by atoms with van der Waals surface area (Å²) in [7, 11) is 1.60. The number of nitriles is 1. The summed E-state index contributed by atoms with van der Waals surface area (Å²) in [5, 5.41) is 11.2. The number of benzene rings is 1. The van der Waals surface area contributed by atoms with Gasteiger partial charge in [-0.3, -0.25) is 4.79 Å². The smallest absolute Gasteiger partial charge is 0.237 e. The van der Waals surface area contributed by atoms with E-state index in [2.05, 4.69) is 5.32 Å². The molecule has 0 aliphatic heterocycles. The first-order chi connectivity index (χ1) is 7.67. The van der Waals surface area contributed by atoms with E-state index in [1.807, 2.05) is 30.3 Å². The molecule has 0 aliphatic carbocycles. The zero-order chi connectivity index (χ0) is 12.0. The van der Waals surface area contributed by atoms with Crippen molar-refractivity contribution in [2.75, 3.05) is 7.11 Å². The van der Waals surface area contributed by atoms with E-state index in [1.54, 1.807) is 14.0 Å². The maximum absolute atomic E-state index is 11.3. The van der Waals surface area contributed by atoms with Gasteiger partial charge in [-0.2, -0.15) is 5.26 Å². The van der Waals surface area contributed by atoms with Crippen molar-refractivity contribution in [3.63, 3.8) is 0 Å². The van der Waals surface area contributed by atoms with Gasteiger partial charge in [0.1, 0.15) is 11.7 Å². The molecule has 84 valence electrons. The fraction of sp³-hybridized carbons (Fsp3) is 0.333. The molecule has 16 heavy (non-hydrogen) atoms. The fourth-order valence-electron chi connectivity index (χ4n) is 1.14. The standard InChI is InChI=1S/C12H14N2O2/c1-9(7-13)12(15)14-8-10-3-5-11(16-2)6-4-10/h3-6,9H,8H2,1-2H3,(H,14,15). The third-order valence-corrected chi connectivity index (χ3v) is 2.21. The molecule has 0 fully saturated rings. The lowest BCUT2D eigenvalue weighted by Crippen LogP contribution is -2.27. The number of carbonyl (C=O) groups excluding carboxylic acids is 1. The van der Waals surface area contributed by atoms with Gasteiger partial charge in [-0.15, -0.1) is 0 Å². The molecule has 1 rings (SSSR count). The number of methoxy groups -OCH3 is 1. The van der Waals surface area contributed by atoms with Crippen molar-refractivity contribution in [2.24, 2.45) is 5.92 Å². The molecule has 1 N–H and O–H groups in total. The Hall–Kier alpha value is -2.02. The minimum Gasteiger partial charge on any atom is -0.497 e. The number of carbonyl (C=O) groups is 1. The number of hydrogen-bond acceptors (Lipinski definition) is 3. The van der Waals surface area contributed by atoms with Crippen LogP contribution in [0.15, 0.2) is 24.3 Å². The van der Waals surface area contributed by atoms with Crippen LogP contribution < -0.4 is 10.1 Å². The Labute approximate surface area is 94.8 Å². The molecule has 0 aliphatic rings. The van der Waals surface area contributed by atoms with Gasteiger partial charge in [-0.05, 0) is 24.6 Å². The Kier molecular flexibility index (Phi) is 4.34. The van der Waals surface area contributed by atoms with E-state index < -0.39 is 5.92 Å². The Morgan fingerprint density at radius 3 is 2.62 bits per heavy atom. The van der Waals surface area contributed by atoms with Crippen molar-refractivity contribution >= 4 is 5.91 Å². The highest BCUT2D eigenvalue weighted by atomic mass is 16.5. The Bertz CT molecular complexity index is 392. The predicted octanol–water partition coefficient (Wildman–Crippen LogP) is 1.47. The summed E-state index contributed by atoms with van der Waals surface area (Å²) in [5.41, 5.74) is 0.972. The molecule has 1 atom stereocenters. The molecule has 0 bridgehead atoms. The highest BCUT2D eigenvalue weighted by molar-refractivity contribution is 5.80. The summed E-state index contributed by atoms with van der Waals surface area (Å²) in [6.45, 7) is 2.00. The van der Waals surface area contributed by atoms with Crippen LogP contribution in [-0.2, 0) is 11.3 Å². The van der Waals surface area contributed by atoms with Gasteiger partial charge in [0.15, 0.2) is 0 Å². The molecule has 4 heteroatoms. The minimum atomic E-state index is -0.613. The molecule has 0 heterocycles. The monoisotopic (exact) mass is 218 g/mol. The SMILES string of the molecule is COc1ccc(CNC(=O)C(C)C#N)cc1. The maximum atomic E-state index is 11.3. The summed E-state index contributed by atoms with van der Waals surface area (Å²) in [6.07, 6.45) is 0. The van der Waals surface area contributed by atoms with E-state index in [1.165, 1.54) is 0 Å². The summed E-state index contributed by atoms with van der Waals surface area (Å²) >= 11 is 0. The van der Waals surface area contributed by atoms with Gasteiger partial charge < -0.3 is 10.1 Å². The van der Waals surface area contributed by atoms with Gasteiger partial charge in [0.25, 0.3) is 0 Å². The van der Waals surface area contributed by atoms with E-state index in [9.17, 15) is 4.79 Å². The van der Waals surface area contributed by atoms with Crippen molar-refractivity contribution in [2.45, 2.75) is 13.5 Å². The molecule has 1 aromatic rings. The van der Waals surface area contributed by atoms with Gasteiger partial charge >= 0.3 is 0 Å². The number of rotatable bonds is 4. The maximum Gasteiger partial charge on any atom is 0.237 e. The Balaban J connectivity index is 2.49. The van der Waals surface area contributed by atoms with E-state index in [0.29, 0.717) is 6.54 Å². The summed E-state index contributed by atoms with van der Waals surface area (Å²) in [6, 6.07) is 9.29. The molecular formula is C12H14N2O2. The van der Waals surface area contributed by atoms with Crippen LogP contribution in [0.25, 0.3) is 0 Å². The number of ether oxygens (including phenoxy) is 1. The largest absolute Gasteiger partial charge is 0.497 e. The molecule has 4 nitrogen and oxygen atoms in total. The zero-order valence-corrected chi connectivity index (χ0v) is 9.36. The molecule has 0 saturated heterocycles. The van der Waals surface area contributed by atoms with Crippen LogP contribution in [0.1, 0.15) is 12.5 Å². The topological polar surface area (TPSA) is 62.1 Å². The first-order valence-corrected chi connectivity index (χ1v) is 4.97. The average molecular weight is 218 g/mol. The minimum absolute atomic E-state index is 0.252. The van der Waals surface area contributed by atoms with Crippen molar-refractivity contribution in [1.82, 2.24) is 5.32 Å². The van der Waals surface area contributed by atoms with Crippen LogP contribution in [0.5, 0.6) is 5.75 Å². The third-order valence-electron chi connectivity index (χ3n) is 2.21. The normalized spacial score (nSPS) is 11.3. The lowest BCUT2D eigenvalue weighted by molar-refractivity contribution is -0.123. The van der Waals surface area contributed by atoms with E-state index in [0.717, 1.165) is 11.3 Å². The highest BCUT2D eigenvalue weighted by Crippen LogP contribution is 2.10. The number of nitrogens with zero attached hydrogens (tertiary/aromatic N) is 1. The first kappa shape index (κ1) is 12.1. The first-order valence-electron chi connectivity index (χ1n) is 4.97. The molecule has 1 amide bonds. The van der Waals surface area contributed by atoms with Gasteiger partial charge in [0, 0.05) is 6.54 Å². The Morgan fingerprint density at radius 1 is 1.50 bits per heavy atom. The predicted molar refractivity (Wildman–Crippen MR) is 59.6 cm³/mol. The summed E-state index contributed by atoms with van der Waals surface area (Å²) in [5.74, 6) is -0.0861. The molecule has 0 radical (unpaired) electrons. The van der Waals surface area contributed by atoms with Gasteiger partial charge in [0.05, 0.1) is 13.2 Å². The van der Waals surface area contributed by atoms with Crippen LogP contribution in [0.2, 0.25) is 0 Å². The second-order valence-electron chi connectivity index (χ2n) is 3.42. The molecular weight excluding hydrogens is 204 g/mol. The van der Waals surface area contributed by atoms with Crippen molar-refractivity contribution in [1.29, 1.82) is 5.26 Å². The van der Waals surface area contributed by atoms with Crippen molar-refractivity contribution in [3.8, 4) is 11.8 Å². The fourth-order valence-corrected chi connectivity index (χ4v) is 1.14. The van der Waals surface area contributed by atoms with Crippen LogP contribution in [0, 0.1) is 17.2 Å². The number of amides is 1. The Morgan fingerprint density at radius 2 is 2.12 bits per heavy atom. The van der Waals surface area contributed by atoms with Crippen LogP contribution >= 0.6 is 0 Å². The van der Waals surface area contributed by atoms with E-state index in [-0.39, 0.29) is 5.91 Å². The summed E-state index contributed by atoms with van der Waals surface area (Å²) < 4.78 is 5.02. The summed E-state index contributed by atoms with van der Waals surface area (Å²) in [4.78, 5) is 11.3. The second-order valence-corrected chi connectivity index (χ2v) is 3.42. The second kappa shape index (κ2) is 5.76. The van der Waals surface area contributed by atoms with Crippen LogP contribution in [-0.4, -0.2) is 13.0 Å². The van der Waals surface area contributed by atoms with Crippen molar-refractivity contribution in [3.05, 3.63) is 29.8 Å². The number of nitrogens with one attached hydrogen (secondary N) is 1. The zero-order valence-electron chi connectivity index (χ0n) is 9.36.